The van der Waals surface area contributed by atoms with E-state index in [2.05, 4.69) is 25.8 Å². The van der Waals surface area contributed by atoms with Crippen molar-refractivity contribution in [1.29, 1.82) is 0 Å². The molecular formula is C16H15BrCl2N2O. The molecule has 6 heteroatoms. The van der Waals surface area contributed by atoms with Crippen LogP contribution in [0.1, 0.15) is 18.4 Å². The first-order chi connectivity index (χ1) is 10.5. The average molecular weight is 402 g/mol. The molecule has 1 aliphatic heterocycles. The van der Waals surface area contributed by atoms with E-state index in [1.165, 1.54) is 0 Å². The molecule has 0 atom stereocenters. The minimum absolute atomic E-state index is 0.588. The van der Waals surface area contributed by atoms with Gasteiger partial charge in [0.25, 0.3) is 0 Å². The lowest BCUT2D eigenvalue weighted by Crippen LogP contribution is -2.43. The van der Waals surface area contributed by atoms with Crippen molar-refractivity contribution in [3.05, 3.63) is 56.6 Å². The van der Waals surface area contributed by atoms with E-state index in [1.807, 2.05) is 30.3 Å². The first-order valence-corrected chi connectivity index (χ1v) is 8.58. The van der Waals surface area contributed by atoms with Crippen LogP contribution >= 0.6 is 39.1 Å². The molecule has 3 rings (SSSR count). The van der Waals surface area contributed by atoms with Gasteiger partial charge >= 0.3 is 0 Å². The third-order valence-electron chi connectivity index (χ3n) is 4.05. The number of rotatable bonds is 2. The zero-order valence-corrected chi connectivity index (χ0v) is 14.9. The highest BCUT2D eigenvalue weighted by molar-refractivity contribution is 9.10. The summed E-state index contributed by atoms with van der Waals surface area (Å²) in [6, 6.07) is 9.31. The van der Waals surface area contributed by atoms with Gasteiger partial charge in [-0.25, -0.2) is 4.98 Å². The maximum atomic E-state index is 10.9. The third kappa shape index (κ3) is 3.11. The fraction of sp³-hybridized carbons (Fsp3) is 0.312. The van der Waals surface area contributed by atoms with Gasteiger partial charge in [0.1, 0.15) is 5.82 Å². The van der Waals surface area contributed by atoms with Crippen LogP contribution in [0.2, 0.25) is 10.0 Å². The topological polar surface area (TPSA) is 36.4 Å². The number of nitrogens with zero attached hydrogens (tertiary/aromatic N) is 2. The van der Waals surface area contributed by atoms with Crippen molar-refractivity contribution in [3.8, 4) is 0 Å². The van der Waals surface area contributed by atoms with E-state index in [0.717, 1.165) is 15.9 Å². The molecule has 2 heterocycles. The highest BCUT2D eigenvalue weighted by Gasteiger charge is 2.36. The van der Waals surface area contributed by atoms with Gasteiger partial charge in [0.15, 0.2) is 0 Å². The number of pyridine rings is 1. The number of halogens is 3. The summed E-state index contributed by atoms with van der Waals surface area (Å²) in [5, 5.41) is 12.1. The lowest BCUT2D eigenvalue weighted by molar-refractivity contribution is 0.0117. The molecule has 1 aliphatic rings. The molecule has 22 heavy (non-hydrogen) atoms. The Kier molecular flexibility index (Phi) is 4.64. The van der Waals surface area contributed by atoms with Gasteiger partial charge in [0.05, 0.1) is 10.6 Å². The summed E-state index contributed by atoms with van der Waals surface area (Å²) < 4.78 is 0.853. The highest BCUT2D eigenvalue weighted by Crippen LogP contribution is 2.38. The van der Waals surface area contributed by atoms with Crippen molar-refractivity contribution in [2.24, 2.45) is 0 Å². The number of hydrogen-bond donors (Lipinski definition) is 1. The summed E-state index contributed by atoms with van der Waals surface area (Å²) in [5.74, 6) is 0.756. The smallest absolute Gasteiger partial charge is 0.147 e. The Bertz CT molecular complexity index is 688. The van der Waals surface area contributed by atoms with Crippen LogP contribution in [-0.4, -0.2) is 23.2 Å². The number of hydrogen-bond acceptors (Lipinski definition) is 3. The normalized spacial score (nSPS) is 17.5. The molecular weight excluding hydrogens is 387 g/mol. The van der Waals surface area contributed by atoms with Crippen LogP contribution in [0.3, 0.4) is 0 Å². The minimum Gasteiger partial charge on any atom is -0.385 e. The van der Waals surface area contributed by atoms with Gasteiger partial charge in [-0.3, -0.25) is 0 Å². The molecule has 116 valence electrons. The van der Waals surface area contributed by atoms with E-state index in [1.54, 1.807) is 6.20 Å². The molecule has 0 bridgehead atoms. The van der Waals surface area contributed by atoms with Crippen molar-refractivity contribution in [1.82, 2.24) is 4.98 Å². The van der Waals surface area contributed by atoms with Gasteiger partial charge in [0.2, 0.25) is 0 Å². The predicted octanol–water partition coefficient (Wildman–Crippen LogP) is 4.64. The van der Waals surface area contributed by atoms with Crippen molar-refractivity contribution >= 4 is 44.9 Å². The van der Waals surface area contributed by atoms with Crippen LogP contribution in [0.5, 0.6) is 0 Å². The first-order valence-electron chi connectivity index (χ1n) is 7.03. The van der Waals surface area contributed by atoms with Crippen LogP contribution in [0.25, 0.3) is 0 Å². The Morgan fingerprint density at radius 3 is 2.45 bits per heavy atom. The average Bonchev–Trinajstić information content (AvgIpc) is 2.49. The molecule has 1 N–H and O–H groups in total. The van der Waals surface area contributed by atoms with Crippen molar-refractivity contribution in [2.45, 2.75) is 18.4 Å². The lowest BCUT2D eigenvalue weighted by Gasteiger charge is -2.39. The number of aromatic nitrogens is 1. The second-order valence-corrected chi connectivity index (χ2v) is 7.19. The van der Waals surface area contributed by atoms with E-state index in [0.29, 0.717) is 36.0 Å². The molecule has 0 amide bonds. The quantitative estimate of drug-likeness (QED) is 0.796. The molecule has 0 spiro atoms. The monoisotopic (exact) mass is 400 g/mol. The Morgan fingerprint density at radius 1 is 1.14 bits per heavy atom. The van der Waals surface area contributed by atoms with E-state index < -0.39 is 5.60 Å². The molecule has 1 aromatic heterocycles. The Balaban J connectivity index is 1.79. The Morgan fingerprint density at radius 2 is 1.82 bits per heavy atom. The molecule has 1 saturated heterocycles. The van der Waals surface area contributed by atoms with Crippen LogP contribution < -0.4 is 4.90 Å². The van der Waals surface area contributed by atoms with Crippen LogP contribution in [0.4, 0.5) is 5.82 Å². The zero-order valence-electron chi connectivity index (χ0n) is 11.8. The molecule has 2 aromatic rings. The van der Waals surface area contributed by atoms with Gasteiger partial charge in [-0.1, -0.05) is 41.4 Å². The second-order valence-electron chi connectivity index (χ2n) is 5.46. The van der Waals surface area contributed by atoms with Crippen molar-refractivity contribution < 1.29 is 5.11 Å². The predicted molar refractivity (Wildman–Crippen MR) is 93.7 cm³/mol. The van der Waals surface area contributed by atoms with Crippen LogP contribution in [0, 0.1) is 0 Å². The standard InChI is InChI=1S/C16H15BrCl2N2O/c17-11-9-14(19)15(20-10-11)21-7-5-16(22,6-8-21)12-3-1-2-4-13(12)18/h1-4,9-10,22H,5-8H2. The number of piperidine rings is 1. The van der Waals surface area contributed by atoms with E-state index >= 15 is 0 Å². The zero-order chi connectivity index (χ0) is 15.7. The summed E-state index contributed by atoms with van der Waals surface area (Å²) in [5.41, 5.74) is -0.0948. The maximum Gasteiger partial charge on any atom is 0.147 e. The van der Waals surface area contributed by atoms with Gasteiger partial charge < -0.3 is 10.0 Å². The van der Waals surface area contributed by atoms with E-state index in [4.69, 9.17) is 23.2 Å². The summed E-state index contributed by atoms with van der Waals surface area (Å²) in [7, 11) is 0. The van der Waals surface area contributed by atoms with E-state index in [-0.39, 0.29) is 0 Å². The number of anilines is 1. The molecule has 1 aromatic carbocycles. The fourth-order valence-corrected chi connectivity index (χ4v) is 3.90. The molecule has 0 unspecified atom stereocenters. The van der Waals surface area contributed by atoms with E-state index in [9.17, 15) is 5.11 Å². The van der Waals surface area contributed by atoms with Crippen molar-refractivity contribution in [3.63, 3.8) is 0 Å². The van der Waals surface area contributed by atoms with Crippen LogP contribution in [0.15, 0.2) is 41.0 Å². The van der Waals surface area contributed by atoms with Crippen LogP contribution in [-0.2, 0) is 5.60 Å². The molecule has 0 aliphatic carbocycles. The fourth-order valence-electron chi connectivity index (χ4n) is 2.84. The Labute approximate surface area is 148 Å². The minimum atomic E-state index is -0.892. The maximum absolute atomic E-state index is 10.9. The molecule has 0 radical (unpaired) electrons. The highest BCUT2D eigenvalue weighted by atomic mass is 79.9. The second kappa shape index (κ2) is 6.36. The summed E-state index contributed by atoms with van der Waals surface area (Å²) >= 11 is 15.8. The SMILES string of the molecule is OC1(c2ccccc2Cl)CCN(c2ncc(Br)cc2Cl)CC1. The van der Waals surface area contributed by atoms with Crippen molar-refractivity contribution in [2.75, 3.05) is 18.0 Å². The number of aliphatic hydroxyl groups is 1. The first kappa shape index (κ1) is 16.1. The van der Waals surface area contributed by atoms with Gasteiger partial charge in [-0.2, -0.15) is 0 Å². The molecule has 0 saturated carbocycles. The van der Waals surface area contributed by atoms with Gasteiger partial charge in [-0.15, -0.1) is 0 Å². The van der Waals surface area contributed by atoms with Gasteiger partial charge in [0, 0.05) is 34.3 Å². The third-order valence-corrected chi connectivity index (χ3v) is 5.10. The molecule has 3 nitrogen and oxygen atoms in total. The van der Waals surface area contributed by atoms with Gasteiger partial charge in [-0.05, 0) is 40.9 Å². The summed E-state index contributed by atoms with van der Waals surface area (Å²) in [6.07, 6.45) is 2.91. The lowest BCUT2D eigenvalue weighted by atomic mass is 9.84. The Hall–Kier alpha value is -0.810. The molecule has 1 fully saturated rings. The number of benzene rings is 1. The summed E-state index contributed by atoms with van der Waals surface area (Å²) in [6.45, 7) is 1.35. The largest absolute Gasteiger partial charge is 0.385 e. The summed E-state index contributed by atoms with van der Waals surface area (Å²) in [4.78, 5) is 6.48.